The maximum absolute atomic E-state index is 6.20. The van der Waals surface area contributed by atoms with Crippen LogP contribution in [0.25, 0.3) is 22.2 Å². The van der Waals surface area contributed by atoms with Gasteiger partial charge >= 0.3 is 0 Å². The number of hydrogen-bond acceptors (Lipinski definition) is 5. The molecule has 142 valence electrons. The van der Waals surface area contributed by atoms with Crippen LogP contribution in [-0.4, -0.2) is 50.1 Å². The van der Waals surface area contributed by atoms with E-state index in [4.69, 9.17) is 4.74 Å². The molecule has 4 rings (SSSR count). The fourth-order valence-electron chi connectivity index (χ4n) is 3.82. The van der Waals surface area contributed by atoms with Crippen molar-refractivity contribution < 1.29 is 4.74 Å². The van der Waals surface area contributed by atoms with Crippen molar-refractivity contribution in [3.05, 3.63) is 36.5 Å². The van der Waals surface area contributed by atoms with Crippen molar-refractivity contribution in [3.8, 4) is 17.1 Å². The molecule has 2 unspecified atom stereocenters. The SMILES string of the molecule is CC1C(Oc2ccc(-c3ccc4nn(C)cc4c3)nn2)CCN(C)C1(C)C. The molecule has 2 atom stereocenters. The van der Waals surface area contributed by atoms with Gasteiger partial charge in [0.05, 0.1) is 11.2 Å². The lowest BCUT2D eigenvalue weighted by Gasteiger charge is -2.48. The third-order valence-electron chi connectivity index (χ3n) is 6.23. The fourth-order valence-corrected chi connectivity index (χ4v) is 3.82. The summed E-state index contributed by atoms with van der Waals surface area (Å²) in [5.74, 6) is 1.00. The molecule has 0 amide bonds. The van der Waals surface area contributed by atoms with E-state index in [9.17, 15) is 0 Å². The number of benzene rings is 1. The highest BCUT2D eigenvalue weighted by atomic mass is 16.5. The Kier molecular flexibility index (Phi) is 4.38. The number of hydrogen-bond donors (Lipinski definition) is 0. The third-order valence-corrected chi connectivity index (χ3v) is 6.23. The summed E-state index contributed by atoms with van der Waals surface area (Å²) in [6.07, 6.45) is 3.16. The molecule has 0 spiro atoms. The van der Waals surface area contributed by atoms with Crippen LogP contribution < -0.4 is 4.74 Å². The number of likely N-dealkylation sites (tertiary alicyclic amines) is 1. The molecular formula is C21H27N5O. The summed E-state index contributed by atoms with van der Waals surface area (Å²) in [6.45, 7) is 7.83. The first-order chi connectivity index (χ1) is 12.8. The van der Waals surface area contributed by atoms with E-state index in [1.807, 2.05) is 42.2 Å². The number of rotatable bonds is 3. The van der Waals surface area contributed by atoms with Crippen molar-refractivity contribution in [2.75, 3.05) is 13.6 Å². The second kappa shape index (κ2) is 6.60. The topological polar surface area (TPSA) is 56.1 Å². The first-order valence-electron chi connectivity index (χ1n) is 9.50. The summed E-state index contributed by atoms with van der Waals surface area (Å²) in [7, 11) is 4.11. The zero-order valence-corrected chi connectivity index (χ0v) is 16.7. The van der Waals surface area contributed by atoms with Gasteiger partial charge in [-0.05, 0) is 45.5 Å². The third kappa shape index (κ3) is 3.30. The van der Waals surface area contributed by atoms with E-state index in [2.05, 4.69) is 54.1 Å². The molecule has 1 aromatic carbocycles. The minimum Gasteiger partial charge on any atom is -0.473 e. The number of nitrogens with zero attached hydrogens (tertiary/aromatic N) is 5. The van der Waals surface area contributed by atoms with Crippen LogP contribution in [0.5, 0.6) is 5.88 Å². The van der Waals surface area contributed by atoms with Crippen LogP contribution in [0.2, 0.25) is 0 Å². The molecule has 6 heteroatoms. The molecule has 6 nitrogen and oxygen atoms in total. The minimum absolute atomic E-state index is 0.107. The minimum atomic E-state index is 0.107. The number of fused-ring (bicyclic) bond motifs is 1. The molecule has 27 heavy (non-hydrogen) atoms. The highest BCUT2D eigenvalue weighted by Gasteiger charge is 2.40. The predicted molar refractivity (Wildman–Crippen MR) is 107 cm³/mol. The summed E-state index contributed by atoms with van der Waals surface area (Å²) in [6, 6.07) is 10.0. The molecule has 3 heterocycles. The Labute approximate surface area is 160 Å². The highest BCUT2D eigenvalue weighted by molar-refractivity contribution is 5.83. The van der Waals surface area contributed by atoms with E-state index in [1.54, 1.807) is 0 Å². The van der Waals surface area contributed by atoms with Gasteiger partial charge in [-0.3, -0.25) is 4.68 Å². The molecule has 0 radical (unpaired) electrons. The average molecular weight is 365 g/mol. The van der Waals surface area contributed by atoms with Gasteiger partial charge in [-0.25, -0.2) is 0 Å². The van der Waals surface area contributed by atoms with Crippen LogP contribution in [-0.2, 0) is 7.05 Å². The van der Waals surface area contributed by atoms with Crippen molar-refractivity contribution in [3.63, 3.8) is 0 Å². The Morgan fingerprint density at radius 3 is 2.67 bits per heavy atom. The first-order valence-corrected chi connectivity index (χ1v) is 9.50. The number of ether oxygens (including phenoxy) is 1. The Morgan fingerprint density at radius 2 is 1.93 bits per heavy atom. The van der Waals surface area contributed by atoms with Gasteiger partial charge in [-0.1, -0.05) is 13.0 Å². The monoisotopic (exact) mass is 365 g/mol. The number of piperidine rings is 1. The van der Waals surface area contributed by atoms with Crippen LogP contribution in [0.3, 0.4) is 0 Å². The maximum Gasteiger partial charge on any atom is 0.233 e. The second-order valence-electron chi connectivity index (χ2n) is 8.14. The lowest BCUT2D eigenvalue weighted by atomic mass is 9.79. The van der Waals surface area contributed by atoms with Crippen LogP contribution in [0.4, 0.5) is 0 Å². The van der Waals surface area contributed by atoms with Gasteiger partial charge in [0.2, 0.25) is 5.88 Å². The van der Waals surface area contributed by atoms with E-state index >= 15 is 0 Å². The smallest absolute Gasteiger partial charge is 0.233 e. The average Bonchev–Trinajstić information content (AvgIpc) is 3.02. The molecule has 1 fully saturated rings. The number of aromatic nitrogens is 4. The lowest BCUT2D eigenvalue weighted by molar-refractivity contribution is -0.0301. The van der Waals surface area contributed by atoms with Crippen molar-refractivity contribution in [2.24, 2.45) is 13.0 Å². The van der Waals surface area contributed by atoms with Crippen LogP contribution in [0.1, 0.15) is 27.2 Å². The van der Waals surface area contributed by atoms with Gasteiger partial charge in [-0.15, -0.1) is 10.2 Å². The summed E-state index contributed by atoms with van der Waals surface area (Å²) < 4.78 is 8.02. The summed E-state index contributed by atoms with van der Waals surface area (Å²) >= 11 is 0. The molecule has 0 N–H and O–H groups in total. The Bertz CT molecular complexity index is 947. The van der Waals surface area contributed by atoms with Crippen LogP contribution in [0.15, 0.2) is 36.5 Å². The second-order valence-corrected chi connectivity index (χ2v) is 8.14. The zero-order chi connectivity index (χ0) is 19.2. The van der Waals surface area contributed by atoms with Gasteiger partial charge in [0.1, 0.15) is 6.10 Å². The quantitative estimate of drug-likeness (QED) is 0.711. The Balaban J connectivity index is 1.51. The van der Waals surface area contributed by atoms with Gasteiger partial charge in [-0.2, -0.15) is 5.10 Å². The van der Waals surface area contributed by atoms with Gasteiger partial charge in [0.15, 0.2) is 0 Å². The van der Waals surface area contributed by atoms with Gasteiger partial charge < -0.3 is 9.64 Å². The molecule has 0 saturated carbocycles. The van der Waals surface area contributed by atoms with Crippen molar-refractivity contribution >= 4 is 10.9 Å². The standard InChI is InChI=1S/C21H27N5O/c1-14-19(10-11-25(4)21(14,2)3)27-20-9-8-17(22-23-20)15-6-7-18-16(12-15)13-26(5)24-18/h6-9,12-14,19H,10-11H2,1-5H3. The van der Waals surface area contributed by atoms with Crippen LogP contribution in [0, 0.1) is 5.92 Å². The molecule has 1 aliphatic heterocycles. The normalized spacial score (nSPS) is 22.9. The summed E-state index contributed by atoms with van der Waals surface area (Å²) in [5.41, 5.74) is 2.95. The molecule has 0 bridgehead atoms. The van der Waals surface area contributed by atoms with Crippen molar-refractivity contribution in [1.29, 1.82) is 0 Å². The van der Waals surface area contributed by atoms with Gasteiger partial charge in [0.25, 0.3) is 0 Å². The molecule has 2 aromatic heterocycles. The molecule has 1 aliphatic rings. The lowest BCUT2D eigenvalue weighted by Crippen LogP contribution is -2.56. The predicted octanol–water partition coefficient (Wildman–Crippen LogP) is 3.53. The van der Waals surface area contributed by atoms with E-state index in [-0.39, 0.29) is 11.6 Å². The summed E-state index contributed by atoms with van der Waals surface area (Å²) in [5, 5.41) is 14.2. The number of aryl methyl sites for hydroxylation is 1. The zero-order valence-electron chi connectivity index (χ0n) is 16.7. The molecule has 0 aliphatic carbocycles. The first kappa shape index (κ1) is 17.9. The van der Waals surface area contributed by atoms with E-state index < -0.39 is 0 Å². The van der Waals surface area contributed by atoms with E-state index in [1.165, 1.54) is 0 Å². The van der Waals surface area contributed by atoms with E-state index in [0.29, 0.717) is 11.8 Å². The maximum atomic E-state index is 6.20. The van der Waals surface area contributed by atoms with Crippen molar-refractivity contribution in [1.82, 2.24) is 24.9 Å². The van der Waals surface area contributed by atoms with Crippen LogP contribution >= 0.6 is 0 Å². The Hall–Kier alpha value is -2.47. The molecule has 1 saturated heterocycles. The van der Waals surface area contributed by atoms with Gasteiger partial charge in [0, 0.05) is 48.3 Å². The summed E-state index contributed by atoms with van der Waals surface area (Å²) in [4.78, 5) is 2.40. The molecule has 3 aromatic rings. The fraction of sp³-hybridized carbons (Fsp3) is 0.476. The van der Waals surface area contributed by atoms with E-state index in [0.717, 1.165) is 35.1 Å². The Morgan fingerprint density at radius 1 is 1.11 bits per heavy atom. The molecular weight excluding hydrogens is 338 g/mol. The van der Waals surface area contributed by atoms with Crippen molar-refractivity contribution in [2.45, 2.75) is 38.8 Å². The largest absolute Gasteiger partial charge is 0.473 e. The highest BCUT2D eigenvalue weighted by Crippen LogP contribution is 2.34.